The second kappa shape index (κ2) is 9.50. The highest BCUT2D eigenvalue weighted by molar-refractivity contribution is 6.17. The first-order chi connectivity index (χ1) is 23.8. The van der Waals surface area contributed by atoms with Crippen molar-refractivity contribution >= 4 is 54.6 Å². The van der Waals surface area contributed by atoms with E-state index in [-0.39, 0.29) is 0 Å². The van der Waals surface area contributed by atoms with Gasteiger partial charge in [0, 0.05) is 43.7 Å². The Morgan fingerprint density at radius 3 is 1.98 bits per heavy atom. The van der Waals surface area contributed by atoms with Crippen LogP contribution in [0.3, 0.4) is 0 Å². The minimum atomic E-state index is 0.720. The van der Waals surface area contributed by atoms with Crippen LogP contribution < -0.4 is 0 Å². The monoisotopic (exact) mass is 611 g/mol. The predicted octanol–water partition coefficient (Wildman–Crippen LogP) is 11.6. The Balaban J connectivity index is 1.11. The molecule has 0 saturated carbocycles. The van der Waals surface area contributed by atoms with Crippen LogP contribution >= 0.6 is 0 Å². The fourth-order valence-electron chi connectivity index (χ4n) is 7.86. The van der Waals surface area contributed by atoms with Crippen molar-refractivity contribution in [3.05, 3.63) is 152 Å². The molecular weight excluding hydrogens is 587 g/mol. The second-order valence-corrected chi connectivity index (χ2v) is 12.6. The number of fused-ring (bicyclic) bond motifs is 9. The average Bonchev–Trinajstić information content (AvgIpc) is 3.80. The van der Waals surface area contributed by atoms with Crippen molar-refractivity contribution < 1.29 is 4.42 Å². The second-order valence-electron chi connectivity index (χ2n) is 12.6. The number of nitrogens with zero attached hydrogens (tertiary/aromatic N) is 3. The first kappa shape index (κ1) is 25.6. The lowest BCUT2D eigenvalue weighted by atomic mass is 9.97. The molecule has 0 bridgehead atoms. The van der Waals surface area contributed by atoms with Crippen molar-refractivity contribution in [1.82, 2.24) is 14.5 Å². The Hall–Kier alpha value is -6.52. The van der Waals surface area contributed by atoms with Gasteiger partial charge >= 0.3 is 0 Å². The van der Waals surface area contributed by atoms with E-state index in [0.717, 1.165) is 66.7 Å². The molecule has 222 valence electrons. The molecule has 0 amide bonds. The highest BCUT2D eigenvalue weighted by Gasteiger charge is 2.24. The highest BCUT2D eigenvalue weighted by atomic mass is 16.3. The van der Waals surface area contributed by atoms with Crippen LogP contribution in [0.15, 0.2) is 156 Å². The van der Waals surface area contributed by atoms with Crippen LogP contribution in [-0.2, 0) is 0 Å². The van der Waals surface area contributed by atoms with E-state index in [1.165, 1.54) is 38.5 Å². The number of rotatable bonds is 3. The molecule has 3 heterocycles. The van der Waals surface area contributed by atoms with E-state index in [4.69, 9.17) is 14.4 Å². The summed E-state index contributed by atoms with van der Waals surface area (Å²) in [5.41, 5.74) is 14.1. The molecule has 10 aromatic rings. The Kier molecular flexibility index (Phi) is 5.08. The zero-order chi connectivity index (χ0) is 31.3. The molecule has 0 atom stereocenters. The van der Waals surface area contributed by atoms with Crippen LogP contribution in [0.1, 0.15) is 0 Å². The minimum absolute atomic E-state index is 0.720. The molecule has 4 nitrogen and oxygen atoms in total. The van der Waals surface area contributed by atoms with Gasteiger partial charge in [-0.1, -0.05) is 91.0 Å². The van der Waals surface area contributed by atoms with Gasteiger partial charge in [0.1, 0.15) is 11.2 Å². The Bertz CT molecular complexity index is 2950. The zero-order valence-corrected chi connectivity index (χ0v) is 25.7. The molecule has 0 spiro atoms. The topological polar surface area (TPSA) is 43.9 Å². The van der Waals surface area contributed by atoms with E-state index in [9.17, 15) is 0 Å². The molecule has 0 aliphatic heterocycles. The number of para-hydroxylation sites is 2. The van der Waals surface area contributed by atoms with Crippen molar-refractivity contribution in [3.8, 4) is 50.6 Å². The average molecular weight is 612 g/mol. The predicted molar refractivity (Wildman–Crippen MR) is 196 cm³/mol. The van der Waals surface area contributed by atoms with Crippen LogP contribution in [0, 0.1) is 0 Å². The van der Waals surface area contributed by atoms with Crippen molar-refractivity contribution in [2.45, 2.75) is 0 Å². The largest absolute Gasteiger partial charge is 0.456 e. The Morgan fingerprint density at radius 1 is 0.438 bits per heavy atom. The van der Waals surface area contributed by atoms with E-state index in [2.05, 4.69) is 156 Å². The Labute approximate surface area is 275 Å². The first-order valence-electron chi connectivity index (χ1n) is 16.3. The quantitative estimate of drug-likeness (QED) is 0.200. The summed E-state index contributed by atoms with van der Waals surface area (Å²) >= 11 is 0. The van der Waals surface area contributed by atoms with Gasteiger partial charge in [0.2, 0.25) is 0 Å². The molecule has 0 saturated heterocycles. The molecule has 3 aromatic heterocycles. The van der Waals surface area contributed by atoms with Crippen LogP contribution in [0.25, 0.3) is 105 Å². The molecule has 4 heteroatoms. The molecule has 0 radical (unpaired) electrons. The lowest BCUT2D eigenvalue weighted by molar-refractivity contribution is 0.669. The van der Waals surface area contributed by atoms with Gasteiger partial charge < -0.3 is 8.98 Å². The van der Waals surface area contributed by atoms with Gasteiger partial charge in [-0.2, -0.15) is 0 Å². The fourth-order valence-corrected chi connectivity index (χ4v) is 7.86. The molecule has 1 aliphatic rings. The summed E-state index contributed by atoms with van der Waals surface area (Å²) in [6, 6.07) is 53.6. The maximum atomic E-state index is 6.38. The molecule has 0 fully saturated rings. The molecule has 1 aliphatic carbocycles. The van der Waals surface area contributed by atoms with Crippen LogP contribution in [0.4, 0.5) is 0 Å². The molecule has 7 aromatic carbocycles. The third kappa shape index (κ3) is 3.49. The third-order valence-corrected chi connectivity index (χ3v) is 9.95. The van der Waals surface area contributed by atoms with Crippen molar-refractivity contribution in [3.63, 3.8) is 0 Å². The van der Waals surface area contributed by atoms with E-state index < -0.39 is 0 Å². The number of aromatic nitrogens is 3. The number of hydrogen-bond acceptors (Lipinski definition) is 3. The van der Waals surface area contributed by atoms with Gasteiger partial charge in [0.05, 0.1) is 22.2 Å². The molecule has 0 unspecified atom stereocenters. The molecular formula is C44H25N3O. The van der Waals surface area contributed by atoms with Crippen molar-refractivity contribution in [2.24, 2.45) is 0 Å². The van der Waals surface area contributed by atoms with E-state index in [0.29, 0.717) is 0 Å². The molecule has 0 N–H and O–H groups in total. The summed E-state index contributed by atoms with van der Waals surface area (Å²) in [4.78, 5) is 10.2. The van der Waals surface area contributed by atoms with Gasteiger partial charge in [-0.3, -0.25) is 0 Å². The summed E-state index contributed by atoms with van der Waals surface area (Å²) in [7, 11) is 0. The van der Waals surface area contributed by atoms with E-state index in [1.807, 2.05) is 0 Å². The summed E-state index contributed by atoms with van der Waals surface area (Å²) in [6.07, 6.45) is 0. The summed E-state index contributed by atoms with van der Waals surface area (Å²) in [5.74, 6) is 0.720. The van der Waals surface area contributed by atoms with Crippen molar-refractivity contribution in [1.29, 1.82) is 0 Å². The lowest BCUT2D eigenvalue weighted by Gasteiger charge is -2.09. The first-order valence-corrected chi connectivity index (χ1v) is 16.3. The van der Waals surface area contributed by atoms with Gasteiger partial charge in [0.25, 0.3) is 0 Å². The van der Waals surface area contributed by atoms with Crippen LogP contribution in [0.2, 0.25) is 0 Å². The smallest absolute Gasteiger partial charge is 0.160 e. The van der Waals surface area contributed by atoms with Gasteiger partial charge in [-0.05, 0) is 82.9 Å². The number of furan rings is 1. The maximum Gasteiger partial charge on any atom is 0.160 e. The number of benzene rings is 7. The maximum absolute atomic E-state index is 6.38. The normalized spacial score (nSPS) is 12.2. The SMILES string of the molecule is c1ccc(-n2c3ccccc3c3c(-c4ccc5oc6ccc(-c7nc8c9c(cccc9n7)-c7ccccc7-8)cc6c5c4)cccc32)cc1. The summed E-state index contributed by atoms with van der Waals surface area (Å²) in [6.45, 7) is 0. The highest BCUT2D eigenvalue weighted by Crippen LogP contribution is 2.46. The minimum Gasteiger partial charge on any atom is -0.456 e. The fraction of sp³-hybridized carbons (Fsp3) is 0. The number of hydrogen-bond donors (Lipinski definition) is 0. The van der Waals surface area contributed by atoms with Gasteiger partial charge in [-0.15, -0.1) is 0 Å². The lowest BCUT2D eigenvalue weighted by Crippen LogP contribution is -1.93. The van der Waals surface area contributed by atoms with E-state index >= 15 is 0 Å². The van der Waals surface area contributed by atoms with Crippen molar-refractivity contribution in [2.75, 3.05) is 0 Å². The van der Waals surface area contributed by atoms with Gasteiger partial charge in [-0.25, -0.2) is 9.97 Å². The molecule has 48 heavy (non-hydrogen) atoms. The van der Waals surface area contributed by atoms with Gasteiger partial charge in [0.15, 0.2) is 5.82 Å². The zero-order valence-electron chi connectivity index (χ0n) is 25.7. The Morgan fingerprint density at radius 2 is 1.10 bits per heavy atom. The molecule has 11 rings (SSSR count). The summed E-state index contributed by atoms with van der Waals surface area (Å²) in [5, 5.41) is 5.73. The van der Waals surface area contributed by atoms with Crippen LogP contribution in [0.5, 0.6) is 0 Å². The standard InChI is InChI=1S/C44H25N3O/c1-2-10-28(11-3-1)47-37-18-7-6-14-33(37)41-29(15-9-19-38(41)47)26-20-22-39-34(24-26)35-25-27(21-23-40(35)48-39)44-45-36-17-8-16-31-30-12-4-5-13-32(30)43(46-44)42(31)36/h1-25H. The summed E-state index contributed by atoms with van der Waals surface area (Å²) < 4.78 is 8.74. The van der Waals surface area contributed by atoms with E-state index in [1.54, 1.807) is 0 Å². The van der Waals surface area contributed by atoms with Crippen LogP contribution in [-0.4, -0.2) is 14.5 Å². The third-order valence-electron chi connectivity index (χ3n) is 9.95.